The molecular weight excluding hydrogens is 376 g/mol. The maximum Gasteiger partial charge on any atom is 0.274 e. The zero-order valence-electron chi connectivity index (χ0n) is 17.3. The van der Waals surface area contributed by atoms with Gasteiger partial charge in [0.05, 0.1) is 0 Å². The number of hydrogen-bond donors (Lipinski definition) is 0. The molecule has 0 aromatic carbocycles. The van der Waals surface area contributed by atoms with E-state index in [1.54, 1.807) is 6.20 Å². The van der Waals surface area contributed by atoms with Crippen LogP contribution in [0.5, 0.6) is 0 Å². The Hall–Kier alpha value is -3.61. The smallest absolute Gasteiger partial charge is 0.274 e. The molecule has 0 saturated heterocycles. The molecule has 7 heteroatoms. The van der Waals surface area contributed by atoms with Gasteiger partial charge >= 0.3 is 0 Å². The quantitative estimate of drug-likeness (QED) is 0.517. The van der Waals surface area contributed by atoms with Gasteiger partial charge in [0.1, 0.15) is 0 Å². The first kappa shape index (κ1) is 18.4. The van der Waals surface area contributed by atoms with E-state index in [9.17, 15) is 4.79 Å². The lowest BCUT2D eigenvalue weighted by Gasteiger charge is -2.31. The Morgan fingerprint density at radius 3 is 2.70 bits per heavy atom. The zero-order valence-corrected chi connectivity index (χ0v) is 17.3. The van der Waals surface area contributed by atoms with Gasteiger partial charge in [0.25, 0.3) is 5.56 Å². The van der Waals surface area contributed by atoms with Crippen LogP contribution in [0.3, 0.4) is 0 Å². The summed E-state index contributed by atoms with van der Waals surface area (Å²) in [4.78, 5) is 27.9. The van der Waals surface area contributed by atoms with Gasteiger partial charge in [0.2, 0.25) is 0 Å². The van der Waals surface area contributed by atoms with Gasteiger partial charge in [-0.05, 0) is 44.0 Å². The molecule has 0 aliphatic carbocycles. The second-order valence-corrected chi connectivity index (χ2v) is 7.78. The largest absolute Gasteiger partial charge is 0.350 e. The number of pyridine rings is 2. The average molecular weight is 398 g/mol. The van der Waals surface area contributed by atoms with Crippen LogP contribution < -0.4 is 10.5 Å². The molecule has 5 rings (SSSR count). The first-order valence-electron chi connectivity index (χ1n) is 10.0. The maximum atomic E-state index is 12.3. The number of rotatable bonds is 2. The van der Waals surface area contributed by atoms with Gasteiger partial charge in [0.15, 0.2) is 11.5 Å². The van der Waals surface area contributed by atoms with E-state index in [1.807, 2.05) is 32.3 Å². The summed E-state index contributed by atoms with van der Waals surface area (Å²) < 4.78 is 1.40. The molecule has 30 heavy (non-hydrogen) atoms. The molecule has 0 bridgehead atoms. The van der Waals surface area contributed by atoms with Crippen molar-refractivity contribution in [2.24, 2.45) is 0 Å². The highest BCUT2D eigenvalue weighted by Crippen LogP contribution is 2.30. The summed E-state index contributed by atoms with van der Waals surface area (Å²) in [6, 6.07) is 5.66. The second-order valence-electron chi connectivity index (χ2n) is 7.78. The first-order chi connectivity index (χ1) is 14.5. The molecule has 1 aliphatic rings. The Kier molecular flexibility index (Phi) is 4.31. The van der Waals surface area contributed by atoms with Crippen molar-refractivity contribution in [3.63, 3.8) is 0 Å². The van der Waals surface area contributed by atoms with Crippen LogP contribution in [0.15, 0.2) is 47.8 Å². The standard InChI is InChI=1S/C23H22N6O/c1-14-4-7-24-12-19(14)17-10-18-13-28(9-6-20(18)26-11-17)23-16(3)15(2)22-25-8-5-21(30)29(22)27-23/h4-5,7-8,10-12H,6,9,13H2,1-3H3. The summed E-state index contributed by atoms with van der Waals surface area (Å²) in [7, 11) is 0. The molecule has 4 aromatic heterocycles. The minimum absolute atomic E-state index is 0.169. The van der Waals surface area contributed by atoms with Crippen molar-refractivity contribution in [1.29, 1.82) is 0 Å². The molecule has 0 radical (unpaired) electrons. The van der Waals surface area contributed by atoms with Gasteiger partial charge in [-0.1, -0.05) is 0 Å². The Labute approximate surface area is 174 Å². The average Bonchev–Trinajstić information content (AvgIpc) is 2.76. The molecule has 4 aromatic rings. The van der Waals surface area contributed by atoms with E-state index in [0.29, 0.717) is 12.2 Å². The first-order valence-corrected chi connectivity index (χ1v) is 10.0. The lowest BCUT2D eigenvalue weighted by molar-refractivity contribution is 0.684. The topological polar surface area (TPSA) is 76.3 Å². The third kappa shape index (κ3) is 2.94. The third-order valence-electron chi connectivity index (χ3n) is 5.94. The molecule has 0 spiro atoms. The van der Waals surface area contributed by atoms with Crippen LogP contribution in [0.2, 0.25) is 0 Å². The van der Waals surface area contributed by atoms with Crippen LogP contribution >= 0.6 is 0 Å². The number of aryl methyl sites for hydroxylation is 2. The van der Waals surface area contributed by atoms with Gasteiger partial charge in [-0.15, -0.1) is 5.10 Å². The zero-order chi connectivity index (χ0) is 20.8. The Morgan fingerprint density at radius 2 is 1.87 bits per heavy atom. The summed E-state index contributed by atoms with van der Waals surface area (Å²) in [5.41, 5.74) is 8.10. The minimum Gasteiger partial charge on any atom is -0.350 e. The molecule has 1 aliphatic heterocycles. The summed E-state index contributed by atoms with van der Waals surface area (Å²) in [5.74, 6) is 0.823. The summed E-state index contributed by atoms with van der Waals surface area (Å²) in [6.45, 7) is 7.62. The SMILES string of the molecule is Cc1ccncc1-c1cnc2c(c1)CN(c1nn3c(=O)ccnc3c(C)c1C)CC2. The van der Waals surface area contributed by atoms with Gasteiger partial charge < -0.3 is 4.90 Å². The van der Waals surface area contributed by atoms with Crippen LogP contribution in [-0.4, -0.2) is 31.1 Å². The van der Waals surface area contributed by atoms with Crippen LogP contribution in [-0.2, 0) is 13.0 Å². The van der Waals surface area contributed by atoms with E-state index < -0.39 is 0 Å². The molecule has 0 saturated carbocycles. The van der Waals surface area contributed by atoms with E-state index in [2.05, 4.69) is 33.0 Å². The van der Waals surface area contributed by atoms with Crippen LogP contribution in [0.4, 0.5) is 5.82 Å². The van der Waals surface area contributed by atoms with Crippen molar-refractivity contribution in [1.82, 2.24) is 24.6 Å². The van der Waals surface area contributed by atoms with Crippen LogP contribution in [0.25, 0.3) is 16.8 Å². The van der Waals surface area contributed by atoms with Crippen molar-refractivity contribution in [3.05, 3.63) is 81.3 Å². The van der Waals surface area contributed by atoms with Crippen molar-refractivity contribution in [2.45, 2.75) is 33.7 Å². The van der Waals surface area contributed by atoms with Crippen molar-refractivity contribution in [2.75, 3.05) is 11.4 Å². The summed E-state index contributed by atoms with van der Waals surface area (Å²) in [5, 5.41) is 4.66. The molecule has 0 amide bonds. The van der Waals surface area contributed by atoms with E-state index in [0.717, 1.165) is 46.7 Å². The normalized spacial score (nSPS) is 13.5. The number of aromatic nitrogens is 5. The lowest BCUT2D eigenvalue weighted by atomic mass is 9.98. The van der Waals surface area contributed by atoms with E-state index in [4.69, 9.17) is 4.98 Å². The van der Waals surface area contributed by atoms with E-state index in [1.165, 1.54) is 27.9 Å². The van der Waals surface area contributed by atoms with E-state index >= 15 is 0 Å². The lowest BCUT2D eigenvalue weighted by Crippen LogP contribution is -2.33. The summed E-state index contributed by atoms with van der Waals surface area (Å²) in [6.07, 6.45) is 8.00. The molecule has 7 nitrogen and oxygen atoms in total. The van der Waals surface area contributed by atoms with E-state index in [-0.39, 0.29) is 5.56 Å². The predicted octanol–water partition coefficient (Wildman–Crippen LogP) is 3.03. The van der Waals surface area contributed by atoms with Gasteiger partial charge in [-0.3, -0.25) is 14.8 Å². The maximum absolute atomic E-state index is 12.3. The highest BCUT2D eigenvalue weighted by Gasteiger charge is 2.23. The molecule has 0 fully saturated rings. The van der Waals surface area contributed by atoms with Gasteiger partial charge in [-0.25, -0.2) is 4.98 Å². The van der Waals surface area contributed by atoms with Crippen LogP contribution in [0.1, 0.15) is 27.9 Å². The second kappa shape index (κ2) is 7.02. The Morgan fingerprint density at radius 1 is 1.00 bits per heavy atom. The Bertz CT molecular complexity index is 1340. The molecular formula is C23H22N6O. The minimum atomic E-state index is -0.169. The highest BCUT2D eigenvalue weighted by molar-refractivity contribution is 5.67. The Balaban J connectivity index is 1.57. The summed E-state index contributed by atoms with van der Waals surface area (Å²) >= 11 is 0. The molecule has 150 valence electrons. The third-order valence-corrected chi connectivity index (χ3v) is 5.94. The fraction of sp³-hybridized carbons (Fsp3) is 0.261. The number of fused-ring (bicyclic) bond motifs is 2. The van der Waals surface area contributed by atoms with Crippen molar-refractivity contribution in [3.8, 4) is 11.1 Å². The molecule has 0 atom stereocenters. The predicted molar refractivity (Wildman–Crippen MR) is 116 cm³/mol. The highest BCUT2D eigenvalue weighted by atomic mass is 16.1. The fourth-order valence-electron chi connectivity index (χ4n) is 4.08. The monoisotopic (exact) mass is 398 g/mol. The van der Waals surface area contributed by atoms with Gasteiger partial charge in [-0.2, -0.15) is 4.52 Å². The number of anilines is 1. The van der Waals surface area contributed by atoms with Crippen LogP contribution in [0, 0.1) is 20.8 Å². The fourth-order valence-corrected chi connectivity index (χ4v) is 4.08. The molecule has 0 unspecified atom stereocenters. The number of nitrogens with zero attached hydrogens (tertiary/aromatic N) is 6. The molecule has 5 heterocycles. The number of hydrogen-bond acceptors (Lipinski definition) is 6. The van der Waals surface area contributed by atoms with Crippen molar-refractivity contribution < 1.29 is 0 Å². The van der Waals surface area contributed by atoms with Gasteiger partial charge in [0, 0.05) is 78.3 Å². The van der Waals surface area contributed by atoms with Crippen molar-refractivity contribution >= 4 is 11.5 Å². The molecule has 0 N–H and O–H groups in total.